The molecule has 2 aromatic carbocycles. The number of hydrogen-bond donors (Lipinski definition) is 1. The van der Waals surface area contributed by atoms with Gasteiger partial charge in [0.05, 0.1) is 16.9 Å². The topological polar surface area (TPSA) is 44.8 Å². The largest absolute Gasteiger partial charge is 0.481 e. The Bertz CT molecular complexity index is 876. The lowest BCUT2D eigenvalue weighted by Gasteiger charge is -2.35. The molecule has 1 heterocycles. The lowest BCUT2D eigenvalue weighted by atomic mass is 10.1. The molecule has 0 aliphatic carbocycles. The molecule has 8 heteroatoms. The second kappa shape index (κ2) is 8.95. The first kappa shape index (κ1) is 22.0. The minimum atomic E-state index is -4.50. The number of carbonyl (C=O) groups excluding carboxylic acids is 1. The normalized spacial score (nSPS) is 16.3. The third-order valence-corrected chi connectivity index (χ3v) is 5.13. The second-order valence-corrected chi connectivity index (χ2v) is 7.58. The number of hydrogen-bond acceptors (Lipinski definition) is 4. The lowest BCUT2D eigenvalue weighted by Crippen LogP contribution is -2.45. The van der Waals surface area contributed by atoms with Gasteiger partial charge in [0.25, 0.3) is 5.91 Å². The number of ether oxygens (including phenoxy) is 1. The Labute approximate surface area is 174 Å². The highest BCUT2D eigenvalue weighted by Gasteiger charge is 2.32. The van der Waals surface area contributed by atoms with E-state index in [1.165, 1.54) is 6.07 Å². The molecule has 5 nitrogen and oxygen atoms in total. The maximum atomic E-state index is 13.3. The van der Waals surface area contributed by atoms with Gasteiger partial charge in [0, 0.05) is 26.2 Å². The van der Waals surface area contributed by atoms with Gasteiger partial charge in [-0.05, 0) is 51.2 Å². The van der Waals surface area contributed by atoms with Crippen LogP contribution in [0.2, 0.25) is 0 Å². The molecule has 162 valence electrons. The molecule has 0 saturated carbocycles. The van der Waals surface area contributed by atoms with E-state index in [9.17, 15) is 18.0 Å². The molecule has 2 aromatic rings. The summed E-state index contributed by atoms with van der Waals surface area (Å²) in [6.45, 7) is 6.43. The summed E-state index contributed by atoms with van der Waals surface area (Å²) in [5, 5.41) is 2.64. The van der Waals surface area contributed by atoms with Crippen LogP contribution in [0.3, 0.4) is 0 Å². The van der Waals surface area contributed by atoms with E-state index in [1.807, 2.05) is 31.0 Å². The molecule has 1 atom stereocenters. The maximum Gasteiger partial charge on any atom is 0.416 e. The molecule has 3 rings (SSSR count). The van der Waals surface area contributed by atoms with Crippen molar-refractivity contribution in [2.24, 2.45) is 0 Å². The van der Waals surface area contributed by atoms with Crippen molar-refractivity contribution in [2.75, 3.05) is 43.4 Å². The van der Waals surface area contributed by atoms with Gasteiger partial charge in [-0.2, -0.15) is 13.2 Å². The molecule has 0 bridgehead atoms. The average Bonchev–Trinajstić information content (AvgIpc) is 2.69. The van der Waals surface area contributed by atoms with Crippen molar-refractivity contribution >= 4 is 17.3 Å². The highest BCUT2D eigenvalue weighted by molar-refractivity contribution is 5.97. The van der Waals surface area contributed by atoms with Crippen molar-refractivity contribution in [1.82, 2.24) is 4.90 Å². The van der Waals surface area contributed by atoms with Gasteiger partial charge in [0.1, 0.15) is 5.75 Å². The zero-order chi connectivity index (χ0) is 21.9. The molecule has 1 saturated heterocycles. The van der Waals surface area contributed by atoms with Crippen LogP contribution in [0.4, 0.5) is 24.5 Å². The third kappa shape index (κ3) is 5.44. The number of carbonyl (C=O) groups is 1. The summed E-state index contributed by atoms with van der Waals surface area (Å²) >= 11 is 0. The number of anilines is 2. The van der Waals surface area contributed by atoms with E-state index in [2.05, 4.69) is 10.2 Å². The van der Waals surface area contributed by atoms with Crippen LogP contribution in [0.5, 0.6) is 5.75 Å². The van der Waals surface area contributed by atoms with E-state index < -0.39 is 23.8 Å². The van der Waals surface area contributed by atoms with Crippen molar-refractivity contribution in [3.63, 3.8) is 0 Å². The Morgan fingerprint density at radius 1 is 1.07 bits per heavy atom. The van der Waals surface area contributed by atoms with Crippen molar-refractivity contribution in [3.8, 4) is 5.75 Å². The van der Waals surface area contributed by atoms with Crippen LogP contribution in [0.1, 0.15) is 18.1 Å². The predicted molar refractivity (Wildman–Crippen MR) is 111 cm³/mol. The Kier molecular flexibility index (Phi) is 6.55. The van der Waals surface area contributed by atoms with Crippen LogP contribution in [-0.4, -0.2) is 50.1 Å². The number of rotatable bonds is 5. The minimum absolute atomic E-state index is 0.138. The summed E-state index contributed by atoms with van der Waals surface area (Å²) in [5.74, 6) is 0.0110. The van der Waals surface area contributed by atoms with Crippen molar-refractivity contribution in [3.05, 3.63) is 53.6 Å². The molecule has 1 aliphatic rings. The summed E-state index contributed by atoms with van der Waals surface area (Å²) in [5.41, 5.74) is 0.966. The molecule has 0 radical (unpaired) electrons. The fourth-order valence-electron chi connectivity index (χ4n) is 3.24. The van der Waals surface area contributed by atoms with E-state index in [0.29, 0.717) is 24.5 Å². The number of piperazine rings is 1. The van der Waals surface area contributed by atoms with Crippen LogP contribution in [0, 0.1) is 6.92 Å². The van der Waals surface area contributed by atoms with Gasteiger partial charge in [-0.1, -0.05) is 17.7 Å². The highest BCUT2D eigenvalue weighted by Crippen LogP contribution is 2.36. The highest BCUT2D eigenvalue weighted by atomic mass is 19.4. The molecular formula is C22H26F3N3O2. The van der Waals surface area contributed by atoms with E-state index in [0.717, 1.165) is 30.8 Å². The first-order valence-corrected chi connectivity index (χ1v) is 9.82. The standard InChI is InChI=1S/C22H26F3N3O2/c1-15-4-7-18(8-5-15)30-16(2)21(29)26-19-14-17(22(23,24)25)6-9-20(19)28-12-10-27(3)11-13-28/h4-9,14,16H,10-13H2,1-3H3,(H,26,29)/t16-/m0/s1. The number of alkyl halides is 3. The fraction of sp³-hybridized carbons (Fsp3) is 0.409. The molecule has 1 fully saturated rings. The third-order valence-electron chi connectivity index (χ3n) is 5.13. The van der Waals surface area contributed by atoms with Gasteiger partial charge in [-0.15, -0.1) is 0 Å². The molecule has 1 N–H and O–H groups in total. The summed E-state index contributed by atoms with van der Waals surface area (Å²) in [6, 6.07) is 10.7. The first-order chi connectivity index (χ1) is 14.1. The van der Waals surface area contributed by atoms with Gasteiger partial charge in [0.2, 0.25) is 0 Å². The summed E-state index contributed by atoms with van der Waals surface area (Å²) in [6.07, 6.45) is -5.37. The predicted octanol–water partition coefficient (Wildman–Crippen LogP) is 4.17. The molecule has 1 amide bonds. The zero-order valence-corrected chi connectivity index (χ0v) is 17.3. The van der Waals surface area contributed by atoms with Crippen LogP contribution in [0.25, 0.3) is 0 Å². The Hall–Kier alpha value is -2.74. The quantitative estimate of drug-likeness (QED) is 0.787. The number of nitrogens with one attached hydrogen (secondary N) is 1. The molecule has 1 aliphatic heterocycles. The lowest BCUT2D eigenvalue weighted by molar-refractivity contribution is -0.137. The number of amides is 1. The SMILES string of the molecule is Cc1ccc(O[C@@H](C)C(=O)Nc2cc(C(F)(F)F)ccc2N2CCN(C)CC2)cc1. The summed E-state index contributed by atoms with van der Waals surface area (Å²) in [4.78, 5) is 16.8. The van der Waals surface area contributed by atoms with E-state index in [1.54, 1.807) is 19.1 Å². The minimum Gasteiger partial charge on any atom is -0.481 e. The zero-order valence-electron chi connectivity index (χ0n) is 17.3. The van der Waals surface area contributed by atoms with Crippen LogP contribution >= 0.6 is 0 Å². The van der Waals surface area contributed by atoms with Gasteiger partial charge in [-0.25, -0.2) is 0 Å². The van der Waals surface area contributed by atoms with E-state index in [-0.39, 0.29) is 5.69 Å². The monoisotopic (exact) mass is 421 g/mol. The van der Waals surface area contributed by atoms with E-state index >= 15 is 0 Å². The molecular weight excluding hydrogens is 395 g/mol. The molecule has 0 spiro atoms. The number of likely N-dealkylation sites (N-methyl/N-ethyl adjacent to an activating group) is 1. The first-order valence-electron chi connectivity index (χ1n) is 9.82. The van der Waals surface area contributed by atoms with Crippen LogP contribution in [-0.2, 0) is 11.0 Å². The number of benzene rings is 2. The van der Waals surface area contributed by atoms with E-state index in [4.69, 9.17) is 4.74 Å². The Balaban J connectivity index is 1.80. The van der Waals surface area contributed by atoms with Gasteiger partial charge < -0.3 is 19.9 Å². The molecule has 0 unspecified atom stereocenters. The second-order valence-electron chi connectivity index (χ2n) is 7.58. The fourth-order valence-corrected chi connectivity index (χ4v) is 3.24. The number of aryl methyl sites for hydroxylation is 1. The average molecular weight is 421 g/mol. The summed E-state index contributed by atoms with van der Waals surface area (Å²) in [7, 11) is 2.00. The van der Waals surface area contributed by atoms with Gasteiger partial charge >= 0.3 is 6.18 Å². The molecule has 30 heavy (non-hydrogen) atoms. The maximum absolute atomic E-state index is 13.3. The van der Waals surface area contributed by atoms with Gasteiger partial charge in [-0.3, -0.25) is 4.79 Å². The van der Waals surface area contributed by atoms with Crippen molar-refractivity contribution in [2.45, 2.75) is 26.1 Å². The smallest absolute Gasteiger partial charge is 0.416 e. The number of nitrogens with zero attached hydrogens (tertiary/aromatic N) is 2. The van der Waals surface area contributed by atoms with Crippen molar-refractivity contribution in [1.29, 1.82) is 0 Å². The van der Waals surface area contributed by atoms with Crippen LogP contribution in [0.15, 0.2) is 42.5 Å². The molecule has 0 aromatic heterocycles. The summed E-state index contributed by atoms with van der Waals surface area (Å²) < 4.78 is 45.4. The Morgan fingerprint density at radius 3 is 2.30 bits per heavy atom. The van der Waals surface area contributed by atoms with Crippen molar-refractivity contribution < 1.29 is 22.7 Å². The number of halogens is 3. The Morgan fingerprint density at radius 2 is 1.70 bits per heavy atom. The van der Waals surface area contributed by atoms with Crippen LogP contribution < -0.4 is 15.0 Å². The van der Waals surface area contributed by atoms with Gasteiger partial charge in [0.15, 0.2) is 6.10 Å².